The van der Waals surface area contributed by atoms with Gasteiger partial charge in [0.1, 0.15) is 0 Å². The highest BCUT2D eigenvalue weighted by atomic mass is 32.2. The second kappa shape index (κ2) is 5.03. The fourth-order valence-electron chi connectivity index (χ4n) is 1.41. The second-order valence-corrected chi connectivity index (χ2v) is 4.46. The summed E-state index contributed by atoms with van der Waals surface area (Å²) < 4.78 is 5.06. The zero-order valence-corrected chi connectivity index (χ0v) is 9.91. The number of carbonyl (C=O) groups is 2. The second-order valence-electron chi connectivity index (χ2n) is 3.28. The third-order valence-corrected chi connectivity index (χ3v) is 3.34. The van der Waals surface area contributed by atoms with Gasteiger partial charge < -0.3 is 10.5 Å². The van der Waals surface area contributed by atoms with Crippen LogP contribution in [0.3, 0.4) is 0 Å². The van der Waals surface area contributed by atoms with E-state index < -0.39 is 11.0 Å². The zero-order chi connectivity index (χ0) is 12.2. The van der Waals surface area contributed by atoms with Gasteiger partial charge in [0, 0.05) is 11.1 Å². The molecule has 0 heterocycles. The SMILES string of the molecule is CSC(C)(OC(N)=O)c1ccccc1C=O. The highest BCUT2D eigenvalue weighted by molar-refractivity contribution is 7.99. The van der Waals surface area contributed by atoms with Crippen molar-refractivity contribution in [1.29, 1.82) is 0 Å². The van der Waals surface area contributed by atoms with Crippen LogP contribution < -0.4 is 5.73 Å². The fraction of sp³-hybridized carbons (Fsp3) is 0.273. The van der Waals surface area contributed by atoms with E-state index in [-0.39, 0.29) is 0 Å². The quantitative estimate of drug-likeness (QED) is 0.645. The van der Waals surface area contributed by atoms with Crippen molar-refractivity contribution >= 4 is 24.1 Å². The van der Waals surface area contributed by atoms with Gasteiger partial charge in [-0.2, -0.15) is 0 Å². The van der Waals surface area contributed by atoms with Crippen LogP contribution in [0.15, 0.2) is 24.3 Å². The van der Waals surface area contributed by atoms with Gasteiger partial charge in [0.05, 0.1) is 0 Å². The number of hydrogen-bond acceptors (Lipinski definition) is 4. The number of primary amides is 1. The summed E-state index contributed by atoms with van der Waals surface area (Å²) in [6.45, 7) is 1.70. The summed E-state index contributed by atoms with van der Waals surface area (Å²) in [5.74, 6) is 0. The summed E-state index contributed by atoms with van der Waals surface area (Å²) in [4.78, 5) is 20.8. The van der Waals surface area contributed by atoms with Crippen LogP contribution in [-0.2, 0) is 9.67 Å². The van der Waals surface area contributed by atoms with Gasteiger partial charge in [0.15, 0.2) is 11.2 Å². The van der Waals surface area contributed by atoms with Crippen LogP contribution in [-0.4, -0.2) is 18.6 Å². The van der Waals surface area contributed by atoms with Crippen molar-refractivity contribution in [3.63, 3.8) is 0 Å². The Balaban J connectivity index is 3.21. The van der Waals surface area contributed by atoms with E-state index in [2.05, 4.69) is 0 Å². The lowest BCUT2D eigenvalue weighted by molar-refractivity contribution is 0.0931. The lowest BCUT2D eigenvalue weighted by Crippen LogP contribution is -2.29. The molecule has 1 atom stereocenters. The first-order chi connectivity index (χ1) is 7.53. The first-order valence-corrected chi connectivity index (χ1v) is 5.84. The monoisotopic (exact) mass is 239 g/mol. The van der Waals surface area contributed by atoms with Gasteiger partial charge in [-0.25, -0.2) is 4.79 Å². The highest BCUT2D eigenvalue weighted by Gasteiger charge is 2.31. The number of ether oxygens (including phenoxy) is 1. The molecule has 0 aliphatic heterocycles. The van der Waals surface area contributed by atoms with Crippen molar-refractivity contribution in [2.45, 2.75) is 11.9 Å². The average Bonchev–Trinajstić information content (AvgIpc) is 2.28. The molecule has 1 amide bonds. The first kappa shape index (κ1) is 12.6. The Morgan fingerprint density at radius 3 is 2.62 bits per heavy atom. The molecule has 5 heteroatoms. The minimum absolute atomic E-state index is 0.487. The fourth-order valence-corrected chi connectivity index (χ4v) is 1.98. The summed E-state index contributed by atoms with van der Waals surface area (Å²) in [5, 5.41) is 0. The number of hydrogen-bond donors (Lipinski definition) is 1. The predicted octanol–water partition coefficient (Wildman–Crippen LogP) is 2.13. The maximum absolute atomic E-state index is 10.9. The van der Waals surface area contributed by atoms with E-state index in [1.165, 1.54) is 11.8 Å². The molecule has 4 nitrogen and oxygen atoms in total. The molecule has 0 bridgehead atoms. The van der Waals surface area contributed by atoms with Gasteiger partial charge in [-0.3, -0.25) is 4.79 Å². The molecular formula is C11H13NO3S. The molecule has 0 aliphatic carbocycles. The number of carbonyl (C=O) groups excluding carboxylic acids is 2. The molecule has 0 aromatic heterocycles. The summed E-state index contributed by atoms with van der Waals surface area (Å²) in [5.41, 5.74) is 6.14. The van der Waals surface area contributed by atoms with Crippen LogP contribution in [0, 0.1) is 0 Å². The van der Waals surface area contributed by atoms with Crippen LogP contribution in [0.1, 0.15) is 22.8 Å². The Bertz CT molecular complexity index is 408. The van der Waals surface area contributed by atoms with Crippen LogP contribution in [0.4, 0.5) is 4.79 Å². The molecule has 86 valence electrons. The van der Waals surface area contributed by atoms with Crippen molar-refractivity contribution in [2.75, 3.05) is 6.26 Å². The highest BCUT2D eigenvalue weighted by Crippen LogP contribution is 2.36. The van der Waals surface area contributed by atoms with E-state index in [4.69, 9.17) is 10.5 Å². The van der Waals surface area contributed by atoms with E-state index in [1.807, 2.05) is 0 Å². The van der Waals surface area contributed by atoms with Gasteiger partial charge >= 0.3 is 6.09 Å². The van der Waals surface area contributed by atoms with Gasteiger partial charge in [-0.15, -0.1) is 11.8 Å². The molecule has 16 heavy (non-hydrogen) atoms. The number of amides is 1. The van der Waals surface area contributed by atoms with Gasteiger partial charge in [0.25, 0.3) is 0 Å². The van der Waals surface area contributed by atoms with Crippen molar-refractivity contribution in [3.8, 4) is 0 Å². The average molecular weight is 239 g/mol. The van der Waals surface area contributed by atoms with Gasteiger partial charge in [0.2, 0.25) is 0 Å². The Kier molecular flexibility index (Phi) is 3.95. The molecule has 1 rings (SSSR count). The topological polar surface area (TPSA) is 69.4 Å². The predicted molar refractivity (Wildman–Crippen MR) is 63.4 cm³/mol. The number of thioether (sulfide) groups is 1. The Labute approximate surface area is 98.2 Å². The maximum atomic E-state index is 10.9. The van der Waals surface area contributed by atoms with Gasteiger partial charge in [-0.05, 0) is 13.2 Å². The van der Waals surface area contributed by atoms with E-state index >= 15 is 0 Å². The summed E-state index contributed by atoms with van der Waals surface area (Å²) in [6, 6.07) is 6.93. The molecule has 2 N–H and O–H groups in total. The standard InChI is InChI=1S/C11H13NO3S/c1-11(16-2,15-10(12)14)9-6-4-3-5-8(9)7-13/h3-7H,1-2H3,(H2,12,14). The molecule has 0 fully saturated rings. The molecule has 1 unspecified atom stereocenters. The molecule has 0 spiro atoms. The zero-order valence-electron chi connectivity index (χ0n) is 9.10. The van der Waals surface area contributed by atoms with Crippen LogP contribution in [0.25, 0.3) is 0 Å². The van der Waals surface area contributed by atoms with Crippen molar-refractivity contribution in [3.05, 3.63) is 35.4 Å². The lowest BCUT2D eigenvalue weighted by Gasteiger charge is -2.28. The number of aldehydes is 1. The minimum atomic E-state index is -0.941. The molecule has 0 saturated heterocycles. The molecule has 1 aromatic rings. The Morgan fingerprint density at radius 2 is 2.12 bits per heavy atom. The maximum Gasteiger partial charge on any atom is 0.406 e. The normalized spacial score (nSPS) is 13.9. The lowest BCUT2D eigenvalue weighted by atomic mass is 10.0. The molecule has 0 radical (unpaired) electrons. The first-order valence-electron chi connectivity index (χ1n) is 4.62. The molecule has 0 saturated carbocycles. The Morgan fingerprint density at radius 1 is 1.50 bits per heavy atom. The Hall–Kier alpha value is -1.49. The number of benzene rings is 1. The number of rotatable bonds is 4. The van der Waals surface area contributed by atoms with E-state index in [0.717, 1.165) is 6.29 Å². The van der Waals surface area contributed by atoms with Crippen LogP contribution in [0.2, 0.25) is 0 Å². The third-order valence-electron chi connectivity index (χ3n) is 2.26. The molecule has 1 aromatic carbocycles. The smallest absolute Gasteiger partial charge is 0.406 e. The van der Waals surface area contributed by atoms with Crippen molar-refractivity contribution in [2.24, 2.45) is 5.73 Å². The largest absolute Gasteiger partial charge is 0.428 e. The molecular weight excluding hydrogens is 226 g/mol. The van der Waals surface area contributed by atoms with Crippen molar-refractivity contribution < 1.29 is 14.3 Å². The van der Waals surface area contributed by atoms with E-state index in [1.54, 1.807) is 37.4 Å². The molecule has 0 aliphatic rings. The van der Waals surface area contributed by atoms with Crippen molar-refractivity contribution in [1.82, 2.24) is 0 Å². The van der Waals surface area contributed by atoms with Crippen LogP contribution in [0.5, 0.6) is 0 Å². The third kappa shape index (κ3) is 2.55. The van der Waals surface area contributed by atoms with E-state index in [9.17, 15) is 9.59 Å². The summed E-state index contributed by atoms with van der Waals surface area (Å²) >= 11 is 1.30. The summed E-state index contributed by atoms with van der Waals surface area (Å²) in [6.07, 6.45) is 1.65. The van der Waals surface area contributed by atoms with Crippen LogP contribution >= 0.6 is 11.8 Å². The van der Waals surface area contributed by atoms with Gasteiger partial charge in [-0.1, -0.05) is 24.3 Å². The van der Waals surface area contributed by atoms with E-state index in [0.29, 0.717) is 11.1 Å². The summed E-state index contributed by atoms with van der Waals surface area (Å²) in [7, 11) is 0. The number of nitrogens with two attached hydrogens (primary N) is 1. The minimum Gasteiger partial charge on any atom is -0.428 e.